The molecule has 0 spiro atoms. The normalized spacial score (nSPS) is 28.8. The van der Waals surface area contributed by atoms with E-state index in [2.05, 4.69) is 36.0 Å². The molecule has 5 heteroatoms. The maximum absolute atomic E-state index is 10.7. The molecule has 1 aliphatic rings. The number of likely N-dealkylation sites (tertiary alicyclic amines) is 1. The Morgan fingerprint density at radius 2 is 2.14 bits per heavy atom. The van der Waals surface area contributed by atoms with Gasteiger partial charge in [0.25, 0.3) is 0 Å². The number of piperidine rings is 1. The summed E-state index contributed by atoms with van der Waals surface area (Å²) in [7, 11) is 2.08. The number of nitrogens with one attached hydrogen (secondary N) is 1. The van der Waals surface area contributed by atoms with E-state index in [-0.39, 0.29) is 5.92 Å². The van der Waals surface area contributed by atoms with Crippen LogP contribution in [0.25, 0.3) is 0 Å². The third kappa shape index (κ3) is 4.08. The van der Waals surface area contributed by atoms with Crippen LogP contribution in [0.1, 0.15) is 20.3 Å². The average molecular weight is 341 g/mol. The number of hydrogen-bond acceptors (Lipinski definition) is 3. The first-order valence-corrected chi connectivity index (χ1v) is 8.19. The van der Waals surface area contributed by atoms with Crippen molar-refractivity contribution in [3.05, 3.63) is 28.2 Å². The van der Waals surface area contributed by atoms with E-state index in [9.17, 15) is 5.11 Å². The molecule has 1 fully saturated rings. The highest BCUT2D eigenvalue weighted by Crippen LogP contribution is 2.30. The highest BCUT2D eigenvalue weighted by atomic mass is 35.5. The second-order valence-corrected chi connectivity index (χ2v) is 6.94. The predicted octanol–water partition coefficient (Wildman–Crippen LogP) is 3.50. The van der Waals surface area contributed by atoms with Gasteiger partial charge in [0.1, 0.15) is 5.60 Å². The Morgan fingerprint density at radius 3 is 2.86 bits per heavy atom. The van der Waals surface area contributed by atoms with Gasteiger partial charge in [-0.05, 0) is 32.2 Å². The van der Waals surface area contributed by atoms with Gasteiger partial charge in [0.2, 0.25) is 0 Å². The fourth-order valence-corrected chi connectivity index (χ4v) is 3.07. The van der Waals surface area contributed by atoms with Gasteiger partial charge in [0, 0.05) is 29.9 Å². The number of aliphatic hydroxyl groups is 1. The number of anilines is 1. The third-order valence-corrected chi connectivity index (χ3v) is 4.90. The van der Waals surface area contributed by atoms with Gasteiger partial charge in [0.05, 0.1) is 17.3 Å². The van der Waals surface area contributed by atoms with Crippen LogP contribution in [0.4, 0.5) is 5.69 Å². The number of halogens is 2. The van der Waals surface area contributed by atoms with Crippen LogP contribution >= 0.6 is 23.2 Å². The van der Waals surface area contributed by atoms with Crippen LogP contribution in [0, 0.1) is 17.8 Å². The molecule has 120 valence electrons. The molecule has 22 heavy (non-hydrogen) atoms. The summed E-state index contributed by atoms with van der Waals surface area (Å²) in [4.78, 5) is 2.25. The second-order valence-electron chi connectivity index (χ2n) is 6.10. The molecule has 3 atom stereocenters. The van der Waals surface area contributed by atoms with Crippen molar-refractivity contribution in [1.29, 1.82) is 0 Å². The smallest absolute Gasteiger partial charge is 0.130 e. The van der Waals surface area contributed by atoms with Crippen molar-refractivity contribution in [2.75, 3.05) is 25.5 Å². The van der Waals surface area contributed by atoms with Gasteiger partial charge in [-0.1, -0.05) is 42.0 Å². The summed E-state index contributed by atoms with van der Waals surface area (Å²) < 4.78 is 0. The zero-order valence-corrected chi connectivity index (χ0v) is 14.7. The Bertz CT molecular complexity index is 596. The Balaban J connectivity index is 1.99. The molecular formula is C17H22Cl2N2O. The maximum atomic E-state index is 10.7. The molecule has 1 heterocycles. The minimum absolute atomic E-state index is 0.121. The number of rotatable bonds is 2. The Hall–Kier alpha value is -0.920. The van der Waals surface area contributed by atoms with Crippen molar-refractivity contribution < 1.29 is 5.11 Å². The van der Waals surface area contributed by atoms with Crippen LogP contribution < -0.4 is 5.32 Å². The topological polar surface area (TPSA) is 35.5 Å². The standard InChI is InChI=1S/C17H22Cl2N2O/c1-12-11-21(3)13(2)10-17(12,22)7-4-8-20-16-9-14(18)5-6-15(16)19/h5-6,9,12-13,20,22H,8,10-11H2,1-3H3. The molecule has 0 saturated carbocycles. The molecular weight excluding hydrogens is 319 g/mol. The summed E-state index contributed by atoms with van der Waals surface area (Å²) in [6.07, 6.45) is 0.662. The predicted molar refractivity (Wildman–Crippen MR) is 93.6 cm³/mol. The first-order valence-electron chi connectivity index (χ1n) is 7.43. The maximum Gasteiger partial charge on any atom is 0.130 e. The molecule has 1 aromatic rings. The molecule has 0 amide bonds. The Kier molecular flexibility index (Phi) is 5.63. The molecule has 0 bridgehead atoms. The van der Waals surface area contributed by atoms with E-state index in [1.807, 2.05) is 6.92 Å². The number of hydrogen-bond donors (Lipinski definition) is 2. The lowest BCUT2D eigenvalue weighted by molar-refractivity contribution is -0.0347. The average Bonchev–Trinajstić information content (AvgIpc) is 2.45. The van der Waals surface area contributed by atoms with Crippen molar-refractivity contribution in [1.82, 2.24) is 4.90 Å². The molecule has 1 aliphatic heterocycles. The third-order valence-electron chi connectivity index (χ3n) is 4.34. The molecule has 3 unspecified atom stereocenters. The highest BCUT2D eigenvalue weighted by Gasteiger charge is 2.39. The molecule has 0 aliphatic carbocycles. The van der Waals surface area contributed by atoms with Gasteiger partial charge in [0.15, 0.2) is 0 Å². The Morgan fingerprint density at radius 1 is 1.41 bits per heavy atom. The van der Waals surface area contributed by atoms with E-state index >= 15 is 0 Å². The van der Waals surface area contributed by atoms with Crippen LogP contribution in [-0.4, -0.2) is 41.8 Å². The van der Waals surface area contributed by atoms with E-state index in [4.69, 9.17) is 23.2 Å². The molecule has 0 radical (unpaired) electrons. The molecule has 1 aromatic carbocycles. The molecule has 3 nitrogen and oxygen atoms in total. The van der Waals surface area contributed by atoms with E-state index in [1.54, 1.807) is 18.2 Å². The Labute approximate surface area is 142 Å². The SMILES string of the molecule is CC1CC(O)(C#CCNc2cc(Cl)ccc2Cl)C(C)CN1C. The summed E-state index contributed by atoms with van der Waals surface area (Å²) in [6.45, 7) is 5.42. The lowest BCUT2D eigenvalue weighted by Crippen LogP contribution is -2.52. The number of benzene rings is 1. The van der Waals surface area contributed by atoms with Gasteiger partial charge >= 0.3 is 0 Å². The van der Waals surface area contributed by atoms with Crippen LogP contribution in [0.15, 0.2) is 18.2 Å². The van der Waals surface area contributed by atoms with Gasteiger partial charge in [-0.15, -0.1) is 0 Å². The largest absolute Gasteiger partial charge is 0.377 e. The zero-order chi connectivity index (χ0) is 16.3. The van der Waals surface area contributed by atoms with Gasteiger partial charge in [-0.25, -0.2) is 0 Å². The van der Waals surface area contributed by atoms with E-state index < -0.39 is 5.60 Å². The van der Waals surface area contributed by atoms with E-state index in [1.165, 1.54) is 0 Å². The van der Waals surface area contributed by atoms with Crippen molar-refractivity contribution in [2.24, 2.45) is 5.92 Å². The summed E-state index contributed by atoms with van der Waals surface area (Å²) >= 11 is 12.0. The lowest BCUT2D eigenvalue weighted by atomic mass is 9.79. The van der Waals surface area contributed by atoms with Crippen molar-refractivity contribution in [3.8, 4) is 11.8 Å². The summed E-state index contributed by atoms with van der Waals surface area (Å²) in [5, 5.41) is 15.1. The lowest BCUT2D eigenvalue weighted by Gasteiger charge is -2.42. The first kappa shape index (κ1) is 17.4. The van der Waals surface area contributed by atoms with Crippen molar-refractivity contribution >= 4 is 28.9 Å². The highest BCUT2D eigenvalue weighted by molar-refractivity contribution is 6.35. The summed E-state index contributed by atoms with van der Waals surface area (Å²) in [6, 6.07) is 5.57. The molecule has 2 rings (SSSR count). The zero-order valence-electron chi connectivity index (χ0n) is 13.2. The van der Waals surface area contributed by atoms with Crippen molar-refractivity contribution in [2.45, 2.75) is 31.9 Å². The summed E-state index contributed by atoms with van der Waals surface area (Å²) in [5.41, 5.74) is -0.175. The molecule has 0 aromatic heterocycles. The fourth-order valence-electron chi connectivity index (χ4n) is 2.71. The van der Waals surface area contributed by atoms with Crippen LogP contribution in [0.2, 0.25) is 10.0 Å². The van der Waals surface area contributed by atoms with Gasteiger partial charge in [-0.3, -0.25) is 0 Å². The quantitative estimate of drug-likeness (QED) is 0.809. The van der Waals surface area contributed by atoms with Crippen LogP contribution in [0.5, 0.6) is 0 Å². The second kappa shape index (κ2) is 7.10. The summed E-state index contributed by atoms with van der Waals surface area (Å²) in [5.74, 6) is 6.19. The first-order chi connectivity index (χ1) is 10.3. The fraction of sp³-hybridized carbons (Fsp3) is 0.529. The van der Waals surface area contributed by atoms with Crippen molar-refractivity contribution in [3.63, 3.8) is 0 Å². The monoisotopic (exact) mass is 340 g/mol. The minimum atomic E-state index is -0.925. The minimum Gasteiger partial charge on any atom is -0.377 e. The molecule has 2 N–H and O–H groups in total. The molecule has 1 saturated heterocycles. The van der Waals surface area contributed by atoms with E-state index in [0.29, 0.717) is 29.1 Å². The van der Waals surface area contributed by atoms with Crippen LogP contribution in [-0.2, 0) is 0 Å². The van der Waals surface area contributed by atoms with Gasteiger partial charge < -0.3 is 15.3 Å². The van der Waals surface area contributed by atoms with Crippen LogP contribution in [0.3, 0.4) is 0 Å². The van der Waals surface area contributed by atoms with Gasteiger partial charge in [-0.2, -0.15) is 0 Å². The number of nitrogens with zero attached hydrogens (tertiary/aromatic N) is 1. The van der Waals surface area contributed by atoms with E-state index in [0.717, 1.165) is 12.2 Å².